The Bertz CT molecular complexity index is 1020. The predicted octanol–water partition coefficient (Wildman–Crippen LogP) is 3.82. The van der Waals surface area contributed by atoms with Crippen LogP contribution in [0.15, 0.2) is 48.5 Å². The maximum Gasteiger partial charge on any atom is 0.226 e. The smallest absolute Gasteiger partial charge is 0.226 e. The molecule has 3 aromatic rings. The summed E-state index contributed by atoms with van der Waals surface area (Å²) in [5.41, 5.74) is 2.15. The second kappa shape index (κ2) is 10.6. The highest BCUT2D eigenvalue weighted by molar-refractivity contribution is 5.76. The minimum absolute atomic E-state index is 0.0887. The van der Waals surface area contributed by atoms with E-state index < -0.39 is 0 Å². The number of hydrogen-bond donors (Lipinski definition) is 1. The molecular formula is C23H26FN3O4. The lowest BCUT2D eigenvalue weighted by Crippen LogP contribution is -2.27. The Kier molecular flexibility index (Phi) is 7.61. The van der Waals surface area contributed by atoms with Gasteiger partial charge >= 0.3 is 0 Å². The van der Waals surface area contributed by atoms with Crippen LogP contribution in [-0.4, -0.2) is 43.1 Å². The van der Waals surface area contributed by atoms with Crippen LogP contribution in [0.3, 0.4) is 0 Å². The lowest BCUT2D eigenvalue weighted by atomic mass is 10.1. The normalized spacial score (nSPS) is 10.7. The number of benzene rings is 2. The van der Waals surface area contributed by atoms with Gasteiger partial charge in [0.15, 0.2) is 11.5 Å². The lowest BCUT2D eigenvalue weighted by Gasteiger charge is -2.14. The van der Waals surface area contributed by atoms with Gasteiger partial charge in [-0.05, 0) is 49.7 Å². The largest absolute Gasteiger partial charge is 0.493 e. The number of halogens is 1. The monoisotopic (exact) mass is 427 g/mol. The number of methoxy groups -OCH3 is 2. The van der Waals surface area contributed by atoms with E-state index in [1.54, 1.807) is 43.2 Å². The average Bonchev–Trinajstić information content (AvgIpc) is 3.08. The molecular weight excluding hydrogens is 401 g/mol. The molecule has 0 fully saturated rings. The van der Waals surface area contributed by atoms with Crippen LogP contribution in [0.2, 0.25) is 0 Å². The molecule has 1 N–H and O–H groups in total. The van der Waals surface area contributed by atoms with E-state index in [-0.39, 0.29) is 18.1 Å². The Morgan fingerprint density at radius 3 is 2.48 bits per heavy atom. The molecule has 0 saturated carbocycles. The van der Waals surface area contributed by atoms with Crippen molar-refractivity contribution in [2.75, 3.05) is 27.4 Å². The predicted molar refractivity (Wildman–Crippen MR) is 115 cm³/mol. The molecule has 1 aromatic heterocycles. The zero-order chi connectivity index (χ0) is 22.2. The fourth-order valence-electron chi connectivity index (χ4n) is 3.12. The van der Waals surface area contributed by atoms with Crippen molar-refractivity contribution in [3.05, 3.63) is 65.6 Å². The minimum atomic E-state index is -0.340. The number of nitrogens with zero attached hydrogens (tertiary/aromatic N) is 2. The standard InChI is InChI=1S/C23H26FN3O4/c1-16-19(12-13-22(28)25-14-15-29-2)23(31-21-7-5-4-6-20(21)30-3)27(26-16)18-10-8-17(24)9-11-18/h4-11H,12-15H2,1-3H3,(H,25,28). The number of para-hydroxylation sites is 2. The Hall–Kier alpha value is -3.39. The highest BCUT2D eigenvalue weighted by atomic mass is 19.1. The molecule has 0 atom stereocenters. The molecule has 0 unspecified atom stereocenters. The van der Waals surface area contributed by atoms with Crippen molar-refractivity contribution >= 4 is 5.91 Å². The fraction of sp³-hybridized carbons (Fsp3) is 0.304. The molecule has 0 radical (unpaired) electrons. The number of amides is 1. The molecule has 8 heteroatoms. The van der Waals surface area contributed by atoms with Crippen LogP contribution in [0.25, 0.3) is 5.69 Å². The first-order valence-electron chi connectivity index (χ1n) is 9.94. The maximum absolute atomic E-state index is 13.4. The van der Waals surface area contributed by atoms with E-state index in [0.29, 0.717) is 42.6 Å². The maximum atomic E-state index is 13.4. The Labute approximate surface area is 180 Å². The molecule has 0 aliphatic heterocycles. The van der Waals surface area contributed by atoms with E-state index in [0.717, 1.165) is 11.3 Å². The molecule has 0 saturated heterocycles. The van der Waals surface area contributed by atoms with Gasteiger partial charge in [-0.25, -0.2) is 9.07 Å². The summed E-state index contributed by atoms with van der Waals surface area (Å²) >= 11 is 0. The molecule has 164 valence electrons. The molecule has 2 aromatic carbocycles. The summed E-state index contributed by atoms with van der Waals surface area (Å²) in [6, 6.07) is 13.2. The van der Waals surface area contributed by atoms with Gasteiger partial charge in [0.25, 0.3) is 0 Å². The Balaban J connectivity index is 1.93. The number of carbonyl (C=O) groups excluding carboxylic acids is 1. The Morgan fingerprint density at radius 1 is 1.10 bits per heavy atom. The number of aromatic nitrogens is 2. The highest BCUT2D eigenvalue weighted by Crippen LogP contribution is 2.35. The van der Waals surface area contributed by atoms with Crippen LogP contribution in [0.5, 0.6) is 17.4 Å². The third kappa shape index (κ3) is 5.61. The van der Waals surface area contributed by atoms with E-state index in [4.69, 9.17) is 14.2 Å². The van der Waals surface area contributed by atoms with Gasteiger partial charge in [-0.15, -0.1) is 0 Å². The molecule has 0 bridgehead atoms. The van der Waals surface area contributed by atoms with Crippen LogP contribution in [0.4, 0.5) is 4.39 Å². The van der Waals surface area contributed by atoms with Gasteiger partial charge in [0.1, 0.15) is 5.82 Å². The SMILES string of the molecule is COCCNC(=O)CCc1c(C)nn(-c2ccc(F)cc2)c1Oc1ccccc1OC. The van der Waals surface area contributed by atoms with Crippen molar-refractivity contribution in [1.29, 1.82) is 0 Å². The van der Waals surface area contributed by atoms with Gasteiger partial charge in [0.05, 0.1) is 25.1 Å². The van der Waals surface area contributed by atoms with E-state index in [1.165, 1.54) is 12.1 Å². The zero-order valence-corrected chi connectivity index (χ0v) is 17.9. The zero-order valence-electron chi connectivity index (χ0n) is 17.9. The van der Waals surface area contributed by atoms with Gasteiger partial charge in [0.2, 0.25) is 11.8 Å². The van der Waals surface area contributed by atoms with Gasteiger partial charge in [-0.3, -0.25) is 4.79 Å². The first-order valence-corrected chi connectivity index (χ1v) is 9.94. The van der Waals surface area contributed by atoms with Crippen LogP contribution >= 0.6 is 0 Å². The summed E-state index contributed by atoms with van der Waals surface area (Å²) in [4.78, 5) is 12.2. The third-order valence-corrected chi connectivity index (χ3v) is 4.71. The molecule has 0 aliphatic carbocycles. The van der Waals surface area contributed by atoms with Crippen molar-refractivity contribution in [2.24, 2.45) is 0 Å². The average molecular weight is 427 g/mol. The van der Waals surface area contributed by atoms with Crippen LogP contribution in [0, 0.1) is 12.7 Å². The third-order valence-electron chi connectivity index (χ3n) is 4.71. The molecule has 1 heterocycles. The number of rotatable bonds is 10. The van der Waals surface area contributed by atoms with Gasteiger partial charge < -0.3 is 19.5 Å². The van der Waals surface area contributed by atoms with E-state index in [1.807, 2.05) is 19.1 Å². The highest BCUT2D eigenvalue weighted by Gasteiger charge is 2.21. The number of carbonyl (C=O) groups is 1. The van der Waals surface area contributed by atoms with Gasteiger partial charge in [-0.1, -0.05) is 12.1 Å². The number of hydrogen-bond acceptors (Lipinski definition) is 5. The molecule has 7 nitrogen and oxygen atoms in total. The summed E-state index contributed by atoms with van der Waals surface area (Å²) < 4.78 is 31.6. The summed E-state index contributed by atoms with van der Waals surface area (Å²) in [7, 11) is 3.15. The Morgan fingerprint density at radius 2 is 1.81 bits per heavy atom. The number of aryl methyl sites for hydroxylation is 1. The summed E-state index contributed by atoms with van der Waals surface area (Å²) in [6.45, 7) is 2.76. The lowest BCUT2D eigenvalue weighted by molar-refractivity contribution is -0.121. The topological polar surface area (TPSA) is 74.6 Å². The summed E-state index contributed by atoms with van der Waals surface area (Å²) in [5.74, 6) is 1.11. The van der Waals surface area contributed by atoms with E-state index >= 15 is 0 Å². The fourth-order valence-corrected chi connectivity index (χ4v) is 3.12. The molecule has 1 amide bonds. The number of ether oxygens (including phenoxy) is 3. The second-order valence-electron chi connectivity index (χ2n) is 6.85. The van der Waals surface area contributed by atoms with Crippen LogP contribution in [-0.2, 0) is 16.0 Å². The van der Waals surface area contributed by atoms with E-state index in [2.05, 4.69) is 10.4 Å². The van der Waals surface area contributed by atoms with Gasteiger partial charge in [0, 0.05) is 25.6 Å². The van der Waals surface area contributed by atoms with Crippen molar-refractivity contribution in [3.8, 4) is 23.1 Å². The van der Waals surface area contributed by atoms with Gasteiger partial charge in [-0.2, -0.15) is 5.10 Å². The number of nitrogens with one attached hydrogen (secondary N) is 1. The quantitative estimate of drug-likeness (QED) is 0.498. The van der Waals surface area contributed by atoms with Crippen molar-refractivity contribution in [3.63, 3.8) is 0 Å². The van der Waals surface area contributed by atoms with Crippen molar-refractivity contribution in [2.45, 2.75) is 19.8 Å². The van der Waals surface area contributed by atoms with E-state index in [9.17, 15) is 9.18 Å². The first-order chi connectivity index (χ1) is 15.0. The van der Waals surface area contributed by atoms with Crippen molar-refractivity contribution < 1.29 is 23.4 Å². The first kappa shape index (κ1) is 22.3. The minimum Gasteiger partial charge on any atom is -0.493 e. The second-order valence-corrected chi connectivity index (χ2v) is 6.85. The summed E-state index contributed by atoms with van der Waals surface area (Å²) in [5, 5.41) is 7.40. The molecule has 3 rings (SSSR count). The van der Waals surface area contributed by atoms with Crippen molar-refractivity contribution in [1.82, 2.24) is 15.1 Å². The van der Waals surface area contributed by atoms with Crippen LogP contribution in [0.1, 0.15) is 17.7 Å². The molecule has 0 aliphatic rings. The summed E-state index contributed by atoms with van der Waals surface area (Å²) in [6.07, 6.45) is 0.693. The molecule has 31 heavy (non-hydrogen) atoms. The van der Waals surface area contributed by atoms with Crippen LogP contribution < -0.4 is 14.8 Å². The molecule has 0 spiro atoms.